The fourth-order valence-electron chi connectivity index (χ4n) is 2.13. The first-order chi connectivity index (χ1) is 13.9. The summed E-state index contributed by atoms with van der Waals surface area (Å²) in [5.74, 6) is -1.30. The number of methoxy groups -OCH3 is 1. The molecule has 0 atom stereocenters. The van der Waals surface area contributed by atoms with Gasteiger partial charge < -0.3 is 14.8 Å². The maximum Gasteiger partial charge on any atom is 0.329 e. The molecule has 0 saturated heterocycles. The molecule has 0 aliphatic carbocycles. The maximum absolute atomic E-state index is 11.7. The number of halogens is 3. The van der Waals surface area contributed by atoms with E-state index in [0.29, 0.717) is 38.6 Å². The molecule has 0 unspecified atom stereocenters. The third-order valence-corrected chi connectivity index (χ3v) is 4.52. The Morgan fingerprint density at radius 2 is 1.83 bits per heavy atom. The van der Waals surface area contributed by atoms with Crippen LogP contribution in [0.15, 0.2) is 41.5 Å². The van der Waals surface area contributed by atoms with Crippen molar-refractivity contribution < 1.29 is 19.1 Å². The normalized spacial score (nSPS) is 10.8. The van der Waals surface area contributed by atoms with Crippen LogP contribution in [0.25, 0.3) is 0 Å². The highest BCUT2D eigenvalue weighted by atomic mass is 35.5. The first kappa shape index (κ1) is 23.0. The van der Waals surface area contributed by atoms with Gasteiger partial charge in [-0.3, -0.25) is 9.59 Å². The molecule has 0 spiro atoms. The monoisotopic (exact) mass is 457 g/mol. The number of rotatable bonds is 8. The molecule has 154 valence electrons. The van der Waals surface area contributed by atoms with Crippen molar-refractivity contribution in [3.63, 3.8) is 0 Å². The van der Waals surface area contributed by atoms with Gasteiger partial charge in [0.2, 0.25) is 0 Å². The van der Waals surface area contributed by atoms with Crippen LogP contribution in [0.4, 0.5) is 0 Å². The lowest BCUT2D eigenvalue weighted by molar-refractivity contribution is -0.139. The lowest BCUT2D eigenvalue weighted by Crippen LogP contribution is -2.39. The van der Waals surface area contributed by atoms with Gasteiger partial charge in [-0.1, -0.05) is 40.9 Å². The molecule has 0 aromatic heterocycles. The Bertz CT molecular complexity index is 886. The Hall–Kier alpha value is -2.32. The molecule has 0 saturated carbocycles. The second kappa shape index (κ2) is 11.6. The van der Waals surface area contributed by atoms with Crippen molar-refractivity contribution >= 4 is 52.8 Å². The van der Waals surface area contributed by atoms with E-state index in [0.717, 1.165) is 0 Å². The molecule has 0 radical (unpaired) electrons. The Balaban J connectivity index is 2.03. The van der Waals surface area contributed by atoms with Crippen molar-refractivity contribution in [3.8, 4) is 5.75 Å². The number of carbonyl (C=O) groups excluding carboxylic acids is 2. The van der Waals surface area contributed by atoms with E-state index in [1.165, 1.54) is 13.3 Å². The fraction of sp³-hybridized carbons (Fsp3) is 0.211. The van der Waals surface area contributed by atoms with Crippen molar-refractivity contribution in [1.29, 1.82) is 0 Å². The van der Waals surface area contributed by atoms with E-state index in [1.54, 1.807) is 36.4 Å². The van der Waals surface area contributed by atoms with Crippen LogP contribution < -0.4 is 15.5 Å². The van der Waals surface area contributed by atoms with Crippen LogP contribution in [-0.4, -0.2) is 38.3 Å². The highest BCUT2D eigenvalue weighted by Gasteiger charge is 2.12. The maximum atomic E-state index is 11.7. The van der Waals surface area contributed by atoms with Gasteiger partial charge in [0.05, 0.1) is 12.8 Å². The standard InChI is InChI=1S/C19H18Cl3N3O4/c1-28-8-7-23-18(26)19(27)25-24-10-12-9-13(20)5-6-17(12)29-11-14-15(21)3-2-4-16(14)22/h2-6,9-10H,7-8,11H2,1H3,(H,23,26)(H,25,27)/b24-10-. The Morgan fingerprint density at radius 1 is 1.10 bits per heavy atom. The third kappa shape index (κ3) is 7.21. The molecule has 0 heterocycles. The summed E-state index contributed by atoms with van der Waals surface area (Å²) in [7, 11) is 1.49. The Morgan fingerprint density at radius 3 is 2.52 bits per heavy atom. The van der Waals surface area contributed by atoms with Crippen LogP contribution in [0, 0.1) is 0 Å². The summed E-state index contributed by atoms with van der Waals surface area (Å²) in [6, 6.07) is 10.0. The van der Waals surface area contributed by atoms with Crippen LogP contribution in [0.5, 0.6) is 5.75 Å². The van der Waals surface area contributed by atoms with E-state index in [9.17, 15) is 9.59 Å². The predicted octanol–water partition coefficient (Wildman–Crippen LogP) is 3.44. The van der Waals surface area contributed by atoms with Gasteiger partial charge in [-0.05, 0) is 30.3 Å². The van der Waals surface area contributed by atoms with Gasteiger partial charge in [-0.2, -0.15) is 5.10 Å². The molecule has 0 bridgehead atoms. The molecule has 2 N–H and O–H groups in total. The summed E-state index contributed by atoms with van der Waals surface area (Å²) in [5.41, 5.74) is 3.25. The van der Waals surface area contributed by atoms with Crippen molar-refractivity contribution in [2.75, 3.05) is 20.3 Å². The summed E-state index contributed by atoms with van der Waals surface area (Å²) in [5, 5.41) is 7.56. The van der Waals surface area contributed by atoms with Crippen molar-refractivity contribution in [2.24, 2.45) is 5.10 Å². The number of nitrogens with zero attached hydrogens (tertiary/aromatic N) is 1. The molecule has 2 rings (SSSR count). The predicted molar refractivity (Wildman–Crippen MR) is 113 cm³/mol. The number of nitrogens with one attached hydrogen (secondary N) is 2. The van der Waals surface area contributed by atoms with E-state index in [1.807, 2.05) is 0 Å². The average Bonchev–Trinajstić information content (AvgIpc) is 2.69. The lowest BCUT2D eigenvalue weighted by Gasteiger charge is -2.12. The van der Waals surface area contributed by atoms with Gasteiger partial charge in [0.1, 0.15) is 12.4 Å². The summed E-state index contributed by atoms with van der Waals surface area (Å²) in [6.07, 6.45) is 1.32. The number of hydrogen-bond donors (Lipinski definition) is 2. The third-order valence-electron chi connectivity index (χ3n) is 3.57. The number of hydrogen-bond acceptors (Lipinski definition) is 5. The molecular weight excluding hydrogens is 441 g/mol. The van der Waals surface area contributed by atoms with Gasteiger partial charge in [0, 0.05) is 39.8 Å². The molecule has 2 aromatic rings. The van der Waals surface area contributed by atoms with Crippen LogP contribution >= 0.6 is 34.8 Å². The second-order valence-electron chi connectivity index (χ2n) is 5.62. The van der Waals surface area contributed by atoms with Gasteiger partial charge in [0.15, 0.2) is 0 Å². The van der Waals surface area contributed by atoms with Crippen molar-refractivity contribution in [3.05, 3.63) is 62.6 Å². The first-order valence-electron chi connectivity index (χ1n) is 8.37. The number of benzene rings is 2. The SMILES string of the molecule is COCCNC(=O)C(=O)N/N=C\c1cc(Cl)ccc1OCc1c(Cl)cccc1Cl. The summed E-state index contributed by atoms with van der Waals surface area (Å²) < 4.78 is 10.6. The summed E-state index contributed by atoms with van der Waals surface area (Å²) in [4.78, 5) is 23.3. The van der Waals surface area contributed by atoms with Gasteiger partial charge in [-0.25, -0.2) is 5.43 Å². The van der Waals surface area contributed by atoms with Crippen LogP contribution in [0.3, 0.4) is 0 Å². The molecule has 29 heavy (non-hydrogen) atoms. The van der Waals surface area contributed by atoms with Crippen LogP contribution in [-0.2, 0) is 20.9 Å². The van der Waals surface area contributed by atoms with E-state index < -0.39 is 11.8 Å². The zero-order valence-electron chi connectivity index (χ0n) is 15.4. The van der Waals surface area contributed by atoms with Crippen LogP contribution in [0.2, 0.25) is 15.1 Å². The topological polar surface area (TPSA) is 89.0 Å². The van der Waals surface area contributed by atoms with Gasteiger partial charge in [0.25, 0.3) is 0 Å². The molecule has 7 nitrogen and oxygen atoms in total. The van der Waals surface area contributed by atoms with Crippen LogP contribution in [0.1, 0.15) is 11.1 Å². The highest BCUT2D eigenvalue weighted by Crippen LogP contribution is 2.27. The molecular formula is C19H18Cl3N3O4. The fourth-order valence-corrected chi connectivity index (χ4v) is 2.82. The molecule has 0 aliphatic rings. The van der Waals surface area contributed by atoms with E-state index in [4.69, 9.17) is 44.3 Å². The van der Waals surface area contributed by atoms with E-state index in [2.05, 4.69) is 15.8 Å². The van der Waals surface area contributed by atoms with Gasteiger partial charge >= 0.3 is 11.8 Å². The van der Waals surface area contributed by atoms with Gasteiger partial charge in [-0.15, -0.1) is 0 Å². The number of carbonyl (C=O) groups is 2. The number of ether oxygens (including phenoxy) is 2. The minimum absolute atomic E-state index is 0.120. The summed E-state index contributed by atoms with van der Waals surface area (Å²) in [6.45, 7) is 0.625. The molecule has 0 fully saturated rings. The Kier molecular flexibility index (Phi) is 9.21. The molecule has 2 aromatic carbocycles. The summed E-state index contributed by atoms with van der Waals surface area (Å²) >= 11 is 18.3. The number of amides is 2. The first-order valence-corrected chi connectivity index (χ1v) is 9.51. The Labute approximate surface area is 182 Å². The molecule has 2 amide bonds. The highest BCUT2D eigenvalue weighted by molar-refractivity contribution is 6.36. The van der Waals surface area contributed by atoms with Crippen molar-refractivity contribution in [1.82, 2.24) is 10.7 Å². The second-order valence-corrected chi connectivity index (χ2v) is 6.87. The lowest BCUT2D eigenvalue weighted by atomic mass is 10.2. The number of hydrazone groups is 1. The van der Waals surface area contributed by atoms with E-state index >= 15 is 0 Å². The zero-order chi connectivity index (χ0) is 21.2. The quantitative estimate of drug-likeness (QED) is 0.274. The minimum atomic E-state index is -0.912. The van der Waals surface area contributed by atoms with E-state index in [-0.39, 0.29) is 13.2 Å². The molecule has 0 aliphatic heterocycles. The zero-order valence-corrected chi connectivity index (χ0v) is 17.6. The largest absolute Gasteiger partial charge is 0.488 e. The minimum Gasteiger partial charge on any atom is -0.488 e. The smallest absolute Gasteiger partial charge is 0.329 e. The average molecular weight is 459 g/mol. The van der Waals surface area contributed by atoms with Crippen molar-refractivity contribution in [2.45, 2.75) is 6.61 Å². The molecule has 10 heteroatoms.